The maximum atomic E-state index is 12.2. The molecule has 1 amide bonds. The lowest BCUT2D eigenvalue weighted by Gasteiger charge is -2.20. The van der Waals surface area contributed by atoms with E-state index in [1.54, 1.807) is 57.2 Å². The number of hydrogen-bond acceptors (Lipinski definition) is 5. The molecule has 0 aliphatic heterocycles. The predicted molar refractivity (Wildman–Crippen MR) is 124 cm³/mol. The van der Waals surface area contributed by atoms with Gasteiger partial charge in [0.15, 0.2) is 0 Å². The predicted octanol–water partition coefficient (Wildman–Crippen LogP) is 5.09. The van der Waals surface area contributed by atoms with Gasteiger partial charge in [0.25, 0.3) is 0 Å². The van der Waals surface area contributed by atoms with Gasteiger partial charge in [0.1, 0.15) is 17.1 Å². The van der Waals surface area contributed by atoms with Crippen LogP contribution in [0.5, 0.6) is 11.5 Å². The Bertz CT molecular complexity index is 1250. The monoisotopic (exact) mass is 434 g/mol. The van der Waals surface area contributed by atoms with E-state index in [9.17, 15) is 15.0 Å². The summed E-state index contributed by atoms with van der Waals surface area (Å²) in [5.74, 6) is -0.0821. The molecule has 0 saturated carbocycles. The van der Waals surface area contributed by atoms with E-state index in [4.69, 9.17) is 4.74 Å². The highest BCUT2D eigenvalue weighted by Gasteiger charge is 2.25. The van der Waals surface area contributed by atoms with Crippen LogP contribution >= 0.6 is 0 Å². The molecular formula is C24H26N4O4. The van der Waals surface area contributed by atoms with Gasteiger partial charge in [-0.2, -0.15) is 5.10 Å². The molecule has 2 aromatic carbocycles. The van der Waals surface area contributed by atoms with E-state index >= 15 is 0 Å². The van der Waals surface area contributed by atoms with Crippen LogP contribution in [-0.2, 0) is 4.74 Å². The van der Waals surface area contributed by atoms with E-state index in [0.717, 1.165) is 32.9 Å². The second-order valence-corrected chi connectivity index (χ2v) is 8.75. The third kappa shape index (κ3) is 4.25. The molecule has 8 heteroatoms. The normalized spacial score (nSPS) is 12.6. The number of phenolic OH excluding ortho intramolecular Hbond substituents is 2. The van der Waals surface area contributed by atoms with Gasteiger partial charge in [-0.25, -0.2) is 10.2 Å². The van der Waals surface area contributed by atoms with Crippen LogP contribution in [0.3, 0.4) is 0 Å². The summed E-state index contributed by atoms with van der Waals surface area (Å²) >= 11 is 0. The van der Waals surface area contributed by atoms with Gasteiger partial charge in [-0.3, -0.25) is 0 Å². The lowest BCUT2D eigenvalue weighted by Crippen LogP contribution is -2.30. The molecule has 5 N–H and O–H groups in total. The van der Waals surface area contributed by atoms with Crippen molar-refractivity contribution in [2.24, 2.45) is 5.10 Å². The zero-order valence-corrected chi connectivity index (χ0v) is 18.4. The van der Waals surface area contributed by atoms with E-state index < -0.39 is 11.7 Å². The van der Waals surface area contributed by atoms with Gasteiger partial charge >= 0.3 is 6.09 Å². The Morgan fingerprint density at radius 3 is 1.94 bits per heavy atom. The molecule has 0 unspecified atom stereocenters. The molecule has 32 heavy (non-hydrogen) atoms. The van der Waals surface area contributed by atoms with Crippen molar-refractivity contribution in [3.63, 3.8) is 0 Å². The number of benzene rings is 2. The first-order valence-corrected chi connectivity index (χ1v) is 10.3. The molecular weight excluding hydrogens is 408 g/mol. The van der Waals surface area contributed by atoms with Crippen LogP contribution in [0, 0.1) is 0 Å². The molecule has 0 fully saturated rings. The summed E-state index contributed by atoms with van der Waals surface area (Å²) < 4.78 is 5.29. The lowest BCUT2D eigenvalue weighted by molar-refractivity contribution is 0.0529. The summed E-state index contributed by atoms with van der Waals surface area (Å²) in [5.41, 5.74) is 5.88. The van der Waals surface area contributed by atoms with Crippen molar-refractivity contribution in [3.05, 3.63) is 59.9 Å². The fourth-order valence-corrected chi connectivity index (χ4v) is 3.85. The number of carbonyl (C=O) groups is 1. The van der Waals surface area contributed by atoms with Crippen molar-refractivity contribution in [1.29, 1.82) is 0 Å². The fraction of sp³-hybridized carbons (Fsp3) is 0.250. The summed E-state index contributed by atoms with van der Waals surface area (Å²) in [6.45, 7) is 7.15. The van der Waals surface area contributed by atoms with E-state index in [0.29, 0.717) is 5.71 Å². The number of H-pyrrole nitrogens is 2. The van der Waals surface area contributed by atoms with Crippen molar-refractivity contribution in [2.45, 2.75) is 39.2 Å². The number of aromatic nitrogens is 2. The number of aromatic hydroxyl groups is 2. The van der Waals surface area contributed by atoms with Crippen LogP contribution in [0.25, 0.3) is 21.8 Å². The minimum atomic E-state index is -0.649. The number of ether oxygens (including phenoxy) is 1. The Hall–Kier alpha value is -3.94. The number of carbonyl (C=O) groups excluding carboxylic acids is 1. The van der Waals surface area contributed by atoms with Crippen molar-refractivity contribution in [2.75, 3.05) is 0 Å². The maximum absolute atomic E-state index is 12.2. The second-order valence-electron chi connectivity index (χ2n) is 8.75. The molecule has 8 nitrogen and oxygen atoms in total. The Balaban J connectivity index is 1.83. The van der Waals surface area contributed by atoms with Crippen LogP contribution < -0.4 is 5.43 Å². The van der Waals surface area contributed by atoms with E-state index in [1.165, 1.54) is 0 Å². The summed E-state index contributed by atoms with van der Waals surface area (Å²) in [6, 6.07) is 10.2. The average molecular weight is 434 g/mol. The van der Waals surface area contributed by atoms with E-state index in [2.05, 4.69) is 20.5 Å². The summed E-state index contributed by atoms with van der Waals surface area (Å²) in [5, 5.41) is 26.1. The summed E-state index contributed by atoms with van der Waals surface area (Å²) in [4.78, 5) is 18.6. The fourth-order valence-electron chi connectivity index (χ4n) is 3.85. The molecule has 166 valence electrons. The molecule has 0 atom stereocenters. The number of fused-ring (bicyclic) bond motifs is 2. The Morgan fingerprint density at radius 1 is 0.969 bits per heavy atom. The molecule has 4 rings (SSSR count). The number of hydrogen-bond donors (Lipinski definition) is 5. The highest BCUT2D eigenvalue weighted by atomic mass is 16.6. The van der Waals surface area contributed by atoms with Crippen molar-refractivity contribution in [3.8, 4) is 11.5 Å². The largest absolute Gasteiger partial charge is 0.508 e. The molecule has 2 heterocycles. The molecule has 0 radical (unpaired) electrons. The van der Waals surface area contributed by atoms with Crippen molar-refractivity contribution >= 4 is 33.6 Å². The zero-order valence-electron chi connectivity index (χ0n) is 18.4. The molecule has 2 aromatic heterocycles. The topological polar surface area (TPSA) is 123 Å². The standard InChI is InChI=1S/C24H26N4O4/c1-13(27-28-23(31)32-24(2,3)4)22(18-11-25-20-7-5-14(29)9-16(18)20)19-12-26-21-8-6-15(30)10-17(19)21/h5-12,22,25-26,29-30H,1-4H3,(H,28,31)/b27-13-. The number of rotatable bonds is 4. The first-order valence-electron chi connectivity index (χ1n) is 10.3. The van der Waals surface area contributed by atoms with Gasteiger partial charge in [-0.1, -0.05) is 0 Å². The zero-order chi connectivity index (χ0) is 23.0. The lowest BCUT2D eigenvalue weighted by atomic mass is 9.87. The number of hydrazone groups is 1. The van der Waals surface area contributed by atoms with Crippen molar-refractivity contribution < 1.29 is 19.7 Å². The van der Waals surface area contributed by atoms with E-state index in [1.807, 2.05) is 19.3 Å². The minimum absolute atomic E-state index is 0.148. The molecule has 4 aromatic rings. The molecule has 0 aliphatic rings. The smallest absolute Gasteiger partial charge is 0.428 e. The average Bonchev–Trinajstić information content (AvgIpc) is 3.30. The first-order chi connectivity index (χ1) is 15.1. The molecule has 0 saturated heterocycles. The molecule has 0 aliphatic carbocycles. The maximum Gasteiger partial charge on any atom is 0.428 e. The van der Waals surface area contributed by atoms with Crippen LogP contribution in [0.15, 0.2) is 53.9 Å². The highest BCUT2D eigenvalue weighted by molar-refractivity contribution is 6.01. The third-order valence-electron chi connectivity index (χ3n) is 5.16. The molecule has 0 spiro atoms. The number of amides is 1. The number of aromatic amines is 2. The Labute approximate surface area is 184 Å². The van der Waals surface area contributed by atoms with Gasteiger partial charge in [0, 0.05) is 39.9 Å². The third-order valence-corrected chi connectivity index (χ3v) is 5.16. The van der Waals surface area contributed by atoms with Gasteiger partial charge in [-0.05, 0) is 75.2 Å². The highest BCUT2D eigenvalue weighted by Crippen LogP contribution is 2.37. The van der Waals surface area contributed by atoms with Gasteiger partial charge in [0.2, 0.25) is 0 Å². The quantitative estimate of drug-likeness (QED) is 0.227. The second kappa shape index (κ2) is 7.96. The summed E-state index contributed by atoms with van der Waals surface area (Å²) in [6.07, 6.45) is 3.08. The molecule has 0 bridgehead atoms. The minimum Gasteiger partial charge on any atom is -0.508 e. The van der Waals surface area contributed by atoms with Crippen LogP contribution in [0.4, 0.5) is 4.79 Å². The van der Waals surface area contributed by atoms with Crippen LogP contribution in [0.2, 0.25) is 0 Å². The summed E-state index contributed by atoms with van der Waals surface area (Å²) in [7, 11) is 0. The number of phenols is 2. The SMILES string of the molecule is C/C(=N/NC(=O)OC(C)(C)C)C(c1c[nH]c2ccc(O)cc12)c1c[nH]c2ccc(O)cc12. The van der Waals surface area contributed by atoms with Crippen LogP contribution in [0.1, 0.15) is 44.7 Å². The Morgan fingerprint density at radius 2 is 1.47 bits per heavy atom. The van der Waals surface area contributed by atoms with Gasteiger partial charge in [0.05, 0.1) is 5.92 Å². The van der Waals surface area contributed by atoms with E-state index in [-0.39, 0.29) is 17.4 Å². The van der Waals surface area contributed by atoms with Gasteiger partial charge < -0.3 is 24.9 Å². The first kappa shape index (κ1) is 21.3. The van der Waals surface area contributed by atoms with Crippen LogP contribution in [-0.4, -0.2) is 37.6 Å². The van der Waals surface area contributed by atoms with Gasteiger partial charge in [-0.15, -0.1) is 0 Å². The number of nitrogens with one attached hydrogen (secondary N) is 3. The Kier molecular flexibility index (Phi) is 5.30. The number of nitrogens with zero attached hydrogens (tertiary/aromatic N) is 1. The van der Waals surface area contributed by atoms with Crippen molar-refractivity contribution in [1.82, 2.24) is 15.4 Å².